The van der Waals surface area contributed by atoms with E-state index >= 15 is 0 Å². The van der Waals surface area contributed by atoms with Crippen LogP contribution in [0.2, 0.25) is 0 Å². The van der Waals surface area contributed by atoms with Crippen LogP contribution in [-0.2, 0) is 4.79 Å². The molecule has 5 rings (SSSR count). The van der Waals surface area contributed by atoms with Gasteiger partial charge in [-0.05, 0) is 81.0 Å². The Bertz CT molecular complexity index is 1020. The molecule has 0 spiro atoms. The van der Waals surface area contributed by atoms with Crippen LogP contribution in [0, 0.1) is 16.7 Å². The van der Waals surface area contributed by atoms with Gasteiger partial charge < -0.3 is 5.32 Å². The topological polar surface area (TPSA) is 63.1 Å². The standard InChI is InChI=1S/C27H39N5OS/c1-19(31-15-9-6-10-16-31)24-29-30-25(32(24)21-11-7-5-8-12-21)34-18-23(33)28-22-17-20-13-14-27(22,4)26(20,2)3/h5,7-8,11-12,19-20,22H,6,9-10,13-18H2,1-4H3,(H,28,33)/t19-,20+,22+,27+/m0/s1. The van der Waals surface area contributed by atoms with Crippen molar-refractivity contribution in [3.8, 4) is 5.69 Å². The van der Waals surface area contributed by atoms with E-state index in [4.69, 9.17) is 0 Å². The number of likely N-dealkylation sites (tertiary alicyclic amines) is 1. The molecule has 3 fully saturated rings. The fraction of sp³-hybridized carbons (Fsp3) is 0.667. The van der Waals surface area contributed by atoms with Crippen LogP contribution in [0.1, 0.15) is 78.1 Å². The van der Waals surface area contributed by atoms with Crippen molar-refractivity contribution < 1.29 is 4.79 Å². The smallest absolute Gasteiger partial charge is 0.230 e. The summed E-state index contributed by atoms with van der Waals surface area (Å²) in [6.45, 7) is 11.6. The van der Waals surface area contributed by atoms with Gasteiger partial charge in [-0.3, -0.25) is 14.3 Å². The summed E-state index contributed by atoms with van der Waals surface area (Å²) in [4.78, 5) is 15.5. The molecule has 1 saturated heterocycles. The lowest BCUT2D eigenvalue weighted by atomic mass is 9.69. The average molecular weight is 482 g/mol. The highest BCUT2D eigenvalue weighted by atomic mass is 32.2. The van der Waals surface area contributed by atoms with E-state index in [9.17, 15) is 4.79 Å². The second-order valence-electron chi connectivity index (χ2n) is 11.3. The molecule has 34 heavy (non-hydrogen) atoms. The maximum absolute atomic E-state index is 13.0. The number of hydrogen-bond acceptors (Lipinski definition) is 5. The molecule has 1 amide bonds. The summed E-state index contributed by atoms with van der Waals surface area (Å²) in [5, 5.41) is 13.4. The molecule has 2 bridgehead atoms. The van der Waals surface area contributed by atoms with E-state index in [0.717, 1.165) is 42.1 Å². The van der Waals surface area contributed by atoms with Crippen LogP contribution < -0.4 is 5.32 Å². The predicted molar refractivity (Wildman–Crippen MR) is 137 cm³/mol. The zero-order chi connectivity index (χ0) is 23.9. The summed E-state index contributed by atoms with van der Waals surface area (Å²) in [5.74, 6) is 2.14. The van der Waals surface area contributed by atoms with Crippen molar-refractivity contribution in [2.45, 2.75) is 83.5 Å². The van der Waals surface area contributed by atoms with Gasteiger partial charge in [0.1, 0.15) is 0 Å². The molecule has 184 valence electrons. The fourth-order valence-corrected chi connectivity index (χ4v) is 7.49. The lowest BCUT2D eigenvalue weighted by Gasteiger charge is -2.39. The maximum atomic E-state index is 13.0. The third-order valence-corrected chi connectivity index (χ3v) is 10.4. The number of aromatic nitrogens is 3. The van der Waals surface area contributed by atoms with Crippen LogP contribution in [0.15, 0.2) is 35.5 Å². The number of piperidine rings is 1. The molecule has 0 radical (unpaired) electrons. The van der Waals surface area contributed by atoms with E-state index in [0.29, 0.717) is 11.2 Å². The Balaban J connectivity index is 1.31. The number of carbonyl (C=O) groups excluding carboxylic acids is 1. The van der Waals surface area contributed by atoms with Gasteiger partial charge in [-0.15, -0.1) is 10.2 Å². The Morgan fingerprint density at radius 3 is 2.53 bits per heavy atom. The van der Waals surface area contributed by atoms with Gasteiger partial charge in [0.25, 0.3) is 0 Å². The number of benzene rings is 1. The first kappa shape index (κ1) is 23.9. The molecule has 2 heterocycles. The molecular formula is C27H39N5OS. The number of thioether (sulfide) groups is 1. The lowest BCUT2D eigenvalue weighted by Crippen LogP contribution is -2.47. The van der Waals surface area contributed by atoms with Gasteiger partial charge in [-0.2, -0.15) is 0 Å². The summed E-state index contributed by atoms with van der Waals surface area (Å²) in [7, 11) is 0. The zero-order valence-electron chi connectivity index (χ0n) is 21.1. The first-order valence-corrected chi connectivity index (χ1v) is 14.0. The number of rotatable bonds is 7. The third-order valence-electron chi connectivity index (χ3n) is 9.45. The minimum Gasteiger partial charge on any atom is -0.352 e. The number of amides is 1. The van der Waals surface area contributed by atoms with Gasteiger partial charge in [0.2, 0.25) is 5.91 Å². The monoisotopic (exact) mass is 481 g/mol. The van der Waals surface area contributed by atoms with E-state index in [2.05, 4.69) is 64.8 Å². The Morgan fingerprint density at radius 1 is 1.15 bits per heavy atom. The van der Waals surface area contributed by atoms with Crippen molar-refractivity contribution >= 4 is 17.7 Å². The Kier molecular flexibility index (Phi) is 6.53. The summed E-state index contributed by atoms with van der Waals surface area (Å²) in [6, 6.07) is 10.8. The fourth-order valence-electron chi connectivity index (χ4n) is 6.72. The van der Waals surface area contributed by atoms with Crippen molar-refractivity contribution in [2.24, 2.45) is 16.7 Å². The van der Waals surface area contributed by atoms with E-state index in [-0.39, 0.29) is 23.4 Å². The highest BCUT2D eigenvalue weighted by molar-refractivity contribution is 7.99. The van der Waals surface area contributed by atoms with E-state index < -0.39 is 0 Å². The van der Waals surface area contributed by atoms with Crippen LogP contribution in [-0.4, -0.2) is 50.5 Å². The molecule has 7 heteroatoms. The van der Waals surface area contributed by atoms with Crippen LogP contribution in [0.25, 0.3) is 5.69 Å². The van der Waals surface area contributed by atoms with E-state index in [1.165, 1.54) is 43.9 Å². The molecule has 1 aliphatic heterocycles. The largest absolute Gasteiger partial charge is 0.352 e. The van der Waals surface area contributed by atoms with Crippen molar-refractivity contribution in [2.75, 3.05) is 18.8 Å². The second kappa shape index (κ2) is 9.30. The second-order valence-corrected chi connectivity index (χ2v) is 12.2. The SMILES string of the molecule is C[C@@H](c1nnc(SCC(=O)N[C@@H]2C[C@H]3CC[C@@]2(C)C3(C)C)n1-c1ccccc1)N1CCCCC1. The first-order valence-electron chi connectivity index (χ1n) is 13.0. The summed E-state index contributed by atoms with van der Waals surface area (Å²) < 4.78 is 2.15. The van der Waals surface area contributed by atoms with Gasteiger partial charge in [-0.1, -0.05) is 57.2 Å². The first-order chi connectivity index (χ1) is 16.3. The molecule has 0 unspecified atom stereocenters. The van der Waals surface area contributed by atoms with Gasteiger partial charge in [0.15, 0.2) is 11.0 Å². The molecule has 1 aromatic carbocycles. The van der Waals surface area contributed by atoms with Crippen molar-refractivity contribution in [1.82, 2.24) is 25.0 Å². The number of nitrogens with zero attached hydrogens (tertiary/aromatic N) is 4. The highest BCUT2D eigenvalue weighted by Crippen LogP contribution is 2.65. The molecule has 3 aliphatic rings. The maximum Gasteiger partial charge on any atom is 0.230 e. The third kappa shape index (κ3) is 4.09. The predicted octanol–water partition coefficient (Wildman–Crippen LogP) is 5.24. The number of hydrogen-bond donors (Lipinski definition) is 1. The Morgan fingerprint density at radius 2 is 1.88 bits per heavy atom. The Labute approximate surface area is 208 Å². The van der Waals surface area contributed by atoms with Crippen LogP contribution in [0.4, 0.5) is 0 Å². The molecule has 1 N–H and O–H groups in total. The van der Waals surface area contributed by atoms with Crippen LogP contribution >= 0.6 is 11.8 Å². The van der Waals surface area contributed by atoms with Gasteiger partial charge >= 0.3 is 0 Å². The molecule has 2 saturated carbocycles. The highest BCUT2D eigenvalue weighted by Gasteiger charge is 2.61. The Hall–Kier alpha value is -1.86. The number of fused-ring (bicyclic) bond motifs is 2. The average Bonchev–Trinajstić information content (AvgIpc) is 3.43. The molecule has 4 atom stereocenters. The van der Waals surface area contributed by atoms with Crippen molar-refractivity contribution in [3.63, 3.8) is 0 Å². The van der Waals surface area contributed by atoms with Gasteiger partial charge in [0, 0.05) is 11.7 Å². The van der Waals surface area contributed by atoms with Crippen molar-refractivity contribution in [1.29, 1.82) is 0 Å². The molecule has 1 aromatic heterocycles. The minimum atomic E-state index is 0.104. The molecule has 2 aromatic rings. The van der Waals surface area contributed by atoms with E-state index in [1.807, 2.05) is 18.2 Å². The number of nitrogens with one attached hydrogen (secondary N) is 1. The molecule has 6 nitrogen and oxygen atoms in total. The zero-order valence-corrected chi connectivity index (χ0v) is 21.9. The normalized spacial score (nSPS) is 29.3. The van der Waals surface area contributed by atoms with Gasteiger partial charge in [-0.25, -0.2) is 0 Å². The molecule has 2 aliphatic carbocycles. The van der Waals surface area contributed by atoms with Gasteiger partial charge in [0.05, 0.1) is 11.8 Å². The number of para-hydroxylation sites is 1. The quantitative estimate of drug-likeness (QED) is 0.548. The van der Waals surface area contributed by atoms with Crippen molar-refractivity contribution in [3.05, 3.63) is 36.2 Å². The summed E-state index contributed by atoms with van der Waals surface area (Å²) in [5.41, 5.74) is 1.54. The molecular weight excluding hydrogens is 442 g/mol. The minimum absolute atomic E-state index is 0.104. The number of carbonyl (C=O) groups is 1. The van der Waals surface area contributed by atoms with E-state index in [1.54, 1.807) is 0 Å². The summed E-state index contributed by atoms with van der Waals surface area (Å²) >= 11 is 1.50. The summed E-state index contributed by atoms with van der Waals surface area (Å²) in [6.07, 6.45) is 7.40. The van der Waals surface area contributed by atoms with Crippen LogP contribution in [0.5, 0.6) is 0 Å². The van der Waals surface area contributed by atoms with Crippen LogP contribution in [0.3, 0.4) is 0 Å². The lowest BCUT2D eigenvalue weighted by molar-refractivity contribution is -0.120.